The van der Waals surface area contributed by atoms with E-state index in [1.807, 2.05) is 48.5 Å². The molecular formula is C24H18FNO4. The lowest BCUT2D eigenvalue weighted by molar-refractivity contribution is 0.0695. The van der Waals surface area contributed by atoms with Crippen molar-refractivity contribution < 1.29 is 19.0 Å². The van der Waals surface area contributed by atoms with Gasteiger partial charge in [-0.3, -0.25) is 4.79 Å². The Kier molecular flexibility index (Phi) is 5.06. The van der Waals surface area contributed by atoms with Crippen LogP contribution >= 0.6 is 0 Å². The van der Waals surface area contributed by atoms with Gasteiger partial charge in [-0.25, -0.2) is 9.18 Å². The van der Waals surface area contributed by atoms with Crippen molar-refractivity contribution in [2.45, 2.75) is 6.54 Å². The monoisotopic (exact) mass is 403 g/mol. The van der Waals surface area contributed by atoms with Crippen LogP contribution in [0.4, 0.5) is 4.39 Å². The van der Waals surface area contributed by atoms with Crippen molar-refractivity contribution in [3.8, 4) is 16.9 Å². The largest absolute Gasteiger partial charge is 0.497 e. The molecule has 1 heterocycles. The van der Waals surface area contributed by atoms with Gasteiger partial charge >= 0.3 is 5.97 Å². The minimum atomic E-state index is -1.38. The van der Waals surface area contributed by atoms with Gasteiger partial charge in [0, 0.05) is 12.7 Å². The van der Waals surface area contributed by atoms with Gasteiger partial charge < -0.3 is 14.4 Å². The summed E-state index contributed by atoms with van der Waals surface area (Å²) in [5.74, 6) is -1.33. The molecule has 0 bridgehead atoms. The number of hydrogen-bond acceptors (Lipinski definition) is 3. The molecule has 0 aliphatic carbocycles. The SMILES string of the molecule is COc1ccc(-c2ccc(Cn3cc(C(=O)O)c(=O)c4c(F)cccc43)cc2)cc1. The third-order valence-corrected chi connectivity index (χ3v) is 5.02. The molecule has 0 amide bonds. The molecule has 0 saturated heterocycles. The van der Waals surface area contributed by atoms with Crippen LogP contribution in [0.1, 0.15) is 15.9 Å². The number of pyridine rings is 1. The second-order valence-electron chi connectivity index (χ2n) is 6.86. The fourth-order valence-corrected chi connectivity index (χ4v) is 3.46. The summed E-state index contributed by atoms with van der Waals surface area (Å²) in [5.41, 5.74) is 2.01. The highest BCUT2D eigenvalue weighted by atomic mass is 19.1. The van der Waals surface area contributed by atoms with Crippen LogP contribution in [-0.2, 0) is 6.54 Å². The molecule has 3 aromatic carbocycles. The number of aromatic nitrogens is 1. The molecule has 4 aromatic rings. The van der Waals surface area contributed by atoms with Crippen LogP contribution < -0.4 is 10.2 Å². The number of aromatic carboxylic acids is 1. The molecule has 150 valence electrons. The number of fused-ring (bicyclic) bond motifs is 1. The molecule has 1 aromatic heterocycles. The molecular weight excluding hydrogens is 385 g/mol. The van der Waals surface area contributed by atoms with Crippen molar-refractivity contribution >= 4 is 16.9 Å². The topological polar surface area (TPSA) is 68.5 Å². The van der Waals surface area contributed by atoms with E-state index in [0.29, 0.717) is 12.1 Å². The number of halogens is 1. The second kappa shape index (κ2) is 7.83. The zero-order valence-electron chi connectivity index (χ0n) is 16.1. The molecule has 0 radical (unpaired) electrons. The highest BCUT2D eigenvalue weighted by molar-refractivity contribution is 5.92. The molecule has 5 nitrogen and oxygen atoms in total. The molecule has 0 atom stereocenters. The van der Waals surface area contributed by atoms with Crippen molar-refractivity contribution in [2.75, 3.05) is 7.11 Å². The fraction of sp³-hybridized carbons (Fsp3) is 0.0833. The van der Waals surface area contributed by atoms with Gasteiger partial charge in [-0.1, -0.05) is 42.5 Å². The van der Waals surface area contributed by atoms with Crippen LogP contribution in [0.5, 0.6) is 5.75 Å². The van der Waals surface area contributed by atoms with Gasteiger partial charge in [0.1, 0.15) is 17.1 Å². The van der Waals surface area contributed by atoms with Crippen molar-refractivity contribution in [1.82, 2.24) is 4.57 Å². The summed E-state index contributed by atoms with van der Waals surface area (Å²) in [7, 11) is 1.62. The Balaban J connectivity index is 1.72. The van der Waals surface area contributed by atoms with Gasteiger partial charge in [0.05, 0.1) is 18.0 Å². The number of carboxylic acids is 1. The lowest BCUT2D eigenvalue weighted by Gasteiger charge is -2.13. The van der Waals surface area contributed by atoms with Crippen LogP contribution in [0, 0.1) is 5.82 Å². The zero-order chi connectivity index (χ0) is 21.3. The maximum atomic E-state index is 14.3. The Morgan fingerprint density at radius 3 is 2.23 bits per heavy atom. The Hall–Kier alpha value is -3.93. The first-order chi connectivity index (χ1) is 14.5. The minimum Gasteiger partial charge on any atom is -0.497 e. The van der Waals surface area contributed by atoms with Crippen molar-refractivity contribution in [1.29, 1.82) is 0 Å². The molecule has 0 aliphatic rings. The van der Waals surface area contributed by atoms with Crippen LogP contribution in [0.3, 0.4) is 0 Å². The lowest BCUT2D eigenvalue weighted by atomic mass is 10.0. The number of carboxylic acid groups (broad SMARTS) is 1. The summed E-state index contributed by atoms with van der Waals surface area (Å²) < 4.78 is 21.1. The van der Waals surface area contributed by atoms with Crippen LogP contribution in [0.15, 0.2) is 77.7 Å². The maximum absolute atomic E-state index is 14.3. The summed E-state index contributed by atoms with van der Waals surface area (Å²) in [5, 5.41) is 9.15. The predicted octanol–water partition coefficient (Wildman–Crippen LogP) is 4.56. The molecule has 0 spiro atoms. The molecule has 0 unspecified atom stereocenters. The van der Waals surface area contributed by atoms with E-state index in [4.69, 9.17) is 4.74 Å². The number of nitrogens with zero attached hydrogens (tertiary/aromatic N) is 1. The maximum Gasteiger partial charge on any atom is 0.341 e. The van der Waals surface area contributed by atoms with Gasteiger partial charge in [0.25, 0.3) is 0 Å². The van der Waals surface area contributed by atoms with E-state index in [2.05, 4.69) is 0 Å². The van der Waals surface area contributed by atoms with E-state index in [-0.39, 0.29) is 5.39 Å². The third kappa shape index (κ3) is 3.55. The first-order valence-electron chi connectivity index (χ1n) is 9.26. The first kappa shape index (κ1) is 19.4. The van der Waals surface area contributed by atoms with Crippen LogP contribution in [-0.4, -0.2) is 22.8 Å². The molecule has 4 rings (SSSR count). The molecule has 0 fully saturated rings. The Morgan fingerprint density at radius 1 is 1.00 bits per heavy atom. The van der Waals surface area contributed by atoms with Gasteiger partial charge in [0.15, 0.2) is 0 Å². The summed E-state index contributed by atoms with van der Waals surface area (Å²) in [6.45, 7) is 0.295. The number of methoxy groups -OCH3 is 1. The predicted molar refractivity (Wildman–Crippen MR) is 113 cm³/mol. The van der Waals surface area contributed by atoms with E-state index in [1.165, 1.54) is 12.3 Å². The van der Waals surface area contributed by atoms with E-state index >= 15 is 0 Å². The summed E-state index contributed by atoms with van der Waals surface area (Å²) in [6.07, 6.45) is 1.27. The molecule has 6 heteroatoms. The Labute approximate surface area is 171 Å². The Morgan fingerprint density at radius 2 is 1.63 bits per heavy atom. The number of ether oxygens (including phenoxy) is 1. The van der Waals surface area contributed by atoms with Crippen molar-refractivity contribution in [2.24, 2.45) is 0 Å². The lowest BCUT2D eigenvalue weighted by Crippen LogP contribution is -2.20. The Bertz CT molecular complexity index is 1290. The van der Waals surface area contributed by atoms with E-state index in [9.17, 15) is 19.1 Å². The molecule has 30 heavy (non-hydrogen) atoms. The highest BCUT2D eigenvalue weighted by Gasteiger charge is 2.17. The summed E-state index contributed by atoms with van der Waals surface area (Å²) in [4.78, 5) is 23.9. The summed E-state index contributed by atoms with van der Waals surface area (Å²) in [6, 6.07) is 19.7. The average molecular weight is 403 g/mol. The first-order valence-corrected chi connectivity index (χ1v) is 9.26. The molecule has 0 aliphatic heterocycles. The third-order valence-electron chi connectivity index (χ3n) is 5.02. The zero-order valence-corrected chi connectivity index (χ0v) is 16.1. The van der Waals surface area contributed by atoms with Crippen LogP contribution in [0.2, 0.25) is 0 Å². The van der Waals surface area contributed by atoms with Crippen LogP contribution in [0.25, 0.3) is 22.0 Å². The van der Waals surface area contributed by atoms with Gasteiger partial charge in [0.2, 0.25) is 5.43 Å². The number of rotatable bonds is 5. The van der Waals surface area contributed by atoms with Gasteiger partial charge in [-0.2, -0.15) is 0 Å². The van der Waals surface area contributed by atoms with Gasteiger partial charge in [-0.05, 0) is 41.0 Å². The van der Waals surface area contributed by atoms with E-state index in [0.717, 1.165) is 28.5 Å². The van der Waals surface area contributed by atoms with Gasteiger partial charge in [-0.15, -0.1) is 0 Å². The number of benzene rings is 3. The van der Waals surface area contributed by atoms with Crippen molar-refractivity contribution in [3.63, 3.8) is 0 Å². The minimum absolute atomic E-state index is 0.216. The van der Waals surface area contributed by atoms with Crippen molar-refractivity contribution in [3.05, 3.63) is 100 Å². The number of hydrogen-bond donors (Lipinski definition) is 1. The average Bonchev–Trinajstić information content (AvgIpc) is 2.76. The summed E-state index contributed by atoms with van der Waals surface area (Å²) >= 11 is 0. The van der Waals surface area contributed by atoms with E-state index < -0.39 is 22.8 Å². The molecule has 1 N–H and O–H groups in total. The second-order valence-corrected chi connectivity index (χ2v) is 6.86. The normalized spacial score (nSPS) is 10.9. The quantitative estimate of drug-likeness (QED) is 0.530. The molecule has 0 saturated carbocycles. The smallest absolute Gasteiger partial charge is 0.341 e. The fourth-order valence-electron chi connectivity index (χ4n) is 3.46. The highest BCUT2D eigenvalue weighted by Crippen LogP contribution is 2.23. The number of carbonyl (C=O) groups is 1. The standard InChI is InChI=1S/C24H18FNO4/c1-30-18-11-9-17(10-12-18)16-7-5-15(6-8-16)13-26-14-19(24(28)29)23(27)22-20(25)3-2-4-21(22)26/h2-12,14H,13H2,1H3,(H,28,29). The van der Waals surface area contributed by atoms with E-state index in [1.54, 1.807) is 17.7 Å².